The molecule has 6 heteroatoms. The minimum absolute atomic E-state index is 0.0371. The summed E-state index contributed by atoms with van der Waals surface area (Å²) in [4.78, 5) is 29.2. The van der Waals surface area contributed by atoms with Crippen LogP contribution in [0.2, 0.25) is 0 Å². The molecule has 26 heavy (non-hydrogen) atoms. The summed E-state index contributed by atoms with van der Waals surface area (Å²) in [6, 6.07) is 5.37. The molecule has 0 aromatic heterocycles. The molecule has 0 radical (unpaired) electrons. The number of nitrogens with zero attached hydrogens (tertiary/aromatic N) is 2. The second kappa shape index (κ2) is 7.56. The third-order valence-corrected chi connectivity index (χ3v) is 5.33. The van der Waals surface area contributed by atoms with Crippen molar-refractivity contribution in [2.75, 3.05) is 38.8 Å². The monoisotopic (exact) mass is 360 g/mol. The molecule has 3 atom stereocenters. The van der Waals surface area contributed by atoms with Crippen LogP contribution in [-0.4, -0.2) is 50.6 Å². The average Bonchev–Trinajstić information content (AvgIpc) is 3.01. The van der Waals surface area contributed by atoms with Gasteiger partial charge >= 0.3 is 0 Å². The van der Waals surface area contributed by atoms with Crippen molar-refractivity contribution >= 4 is 17.5 Å². The number of hydrogen-bond acceptors (Lipinski definition) is 4. The van der Waals surface area contributed by atoms with Gasteiger partial charge in [-0.2, -0.15) is 0 Å². The number of carbonyl (C=O) groups excluding carboxylic acids is 2. The van der Waals surface area contributed by atoms with Crippen molar-refractivity contribution in [2.45, 2.75) is 26.7 Å². The molecule has 1 aromatic carbocycles. The number of rotatable bonds is 4. The van der Waals surface area contributed by atoms with Crippen LogP contribution in [0.5, 0.6) is 11.5 Å². The standard InChI is InChI=1S/C20H28N2O4/c1-13-7-14(2)11-21(10-13)20(24)15-8-19(23)22(12-15)17-6-5-16(25-3)9-18(17)26-4/h5-6,9,13-15H,7-8,10-12H2,1-4H3/t13-,14-,15-/m1/s1. The topological polar surface area (TPSA) is 59.1 Å². The Hall–Kier alpha value is -2.24. The highest BCUT2D eigenvalue weighted by atomic mass is 16.5. The molecule has 2 saturated heterocycles. The second-order valence-corrected chi connectivity index (χ2v) is 7.63. The molecule has 0 N–H and O–H groups in total. The molecule has 0 aliphatic carbocycles. The number of piperidine rings is 1. The van der Waals surface area contributed by atoms with Crippen molar-refractivity contribution in [3.8, 4) is 11.5 Å². The quantitative estimate of drug-likeness (QED) is 0.828. The minimum atomic E-state index is -0.285. The van der Waals surface area contributed by atoms with Gasteiger partial charge in [0, 0.05) is 32.1 Å². The van der Waals surface area contributed by atoms with Gasteiger partial charge in [0.05, 0.1) is 25.8 Å². The van der Waals surface area contributed by atoms with E-state index in [-0.39, 0.29) is 24.2 Å². The molecule has 0 unspecified atom stereocenters. The Morgan fingerprint density at radius 1 is 1.08 bits per heavy atom. The first-order chi connectivity index (χ1) is 12.4. The summed E-state index contributed by atoms with van der Waals surface area (Å²) < 4.78 is 10.6. The Bertz CT molecular complexity index is 680. The van der Waals surface area contributed by atoms with Gasteiger partial charge in [0.15, 0.2) is 0 Å². The maximum absolute atomic E-state index is 13.0. The first-order valence-corrected chi connectivity index (χ1v) is 9.24. The van der Waals surface area contributed by atoms with E-state index in [0.717, 1.165) is 19.5 Å². The van der Waals surface area contributed by atoms with E-state index in [9.17, 15) is 9.59 Å². The van der Waals surface area contributed by atoms with Gasteiger partial charge in [0.1, 0.15) is 11.5 Å². The number of benzene rings is 1. The lowest BCUT2D eigenvalue weighted by Gasteiger charge is -2.36. The van der Waals surface area contributed by atoms with E-state index in [0.29, 0.717) is 35.6 Å². The number of anilines is 1. The molecule has 0 spiro atoms. The Labute approximate surface area is 155 Å². The molecule has 2 aliphatic rings. The van der Waals surface area contributed by atoms with Gasteiger partial charge in [0.2, 0.25) is 11.8 Å². The van der Waals surface area contributed by atoms with Crippen LogP contribution in [0.25, 0.3) is 0 Å². The van der Waals surface area contributed by atoms with Gasteiger partial charge in [-0.3, -0.25) is 9.59 Å². The molecule has 6 nitrogen and oxygen atoms in total. The van der Waals surface area contributed by atoms with Gasteiger partial charge in [-0.05, 0) is 30.4 Å². The molecular formula is C20H28N2O4. The van der Waals surface area contributed by atoms with Crippen LogP contribution in [0.1, 0.15) is 26.7 Å². The second-order valence-electron chi connectivity index (χ2n) is 7.63. The summed E-state index contributed by atoms with van der Waals surface area (Å²) in [5.74, 6) is 2.05. The van der Waals surface area contributed by atoms with E-state index in [1.807, 2.05) is 11.0 Å². The van der Waals surface area contributed by atoms with Crippen molar-refractivity contribution in [2.24, 2.45) is 17.8 Å². The van der Waals surface area contributed by atoms with Crippen LogP contribution in [0, 0.1) is 17.8 Å². The number of hydrogen-bond donors (Lipinski definition) is 0. The molecule has 2 aliphatic heterocycles. The molecule has 0 saturated carbocycles. The van der Waals surface area contributed by atoms with Crippen LogP contribution >= 0.6 is 0 Å². The predicted octanol–water partition coefficient (Wildman–Crippen LogP) is 2.56. The molecule has 142 valence electrons. The minimum Gasteiger partial charge on any atom is -0.497 e. The lowest BCUT2D eigenvalue weighted by atomic mass is 9.91. The number of methoxy groups -OCH3 is 2. The third kappa shape index (κ3) is 3.64. The fraction of sp³-hybridized carbons (Fsp3) is 0.600. The Balaban J connectivity index is 1.75. The summed E-state index contributed by atoms with van der Waals surface area (Å²) in [6.45, 7) is 6.35. The van der Waals surface area contributed by atoms with Gasteiger partial charge in [-0.1, -0.05) is 13.8 Å². The molecule has 2 amide bonds. The molecule has 2 fully saturated rings. The average molecular weight is 360 g/mol. The van der Waals surface area contributed by atoms with Crippen molar-refractivity contribution in [3.05, 3.63) is 18.2 Å². The first-order valence-electron chi connectivity index (χ1n) is 9.24. The fourth-order valence-electron chi connectivity index (χ4n) is 4.21. The van der Waals surface area contributed by atoms with Gasteiger partial charge < -0.3 is 19.3 Å². The Kier molecular flexibility index (Phi) is 5.39. The lowest BCUT2D eigenvalue weighted by molar-refractivity contribution is -0.138. The van der Waals surface area contributed by atoms with Crippen LogP contribution in [-0.2, 0) is 9.59 Å². The fourth-order valence-corrected chi connectivity index (χ4v) is 4.21. The van der Waals surface area contributed by atoms with Crippen molar-refractivity contribution in [1.82, 2.24) is 4.90 Å². The van der Waals surface area contributed by atoms with Gasteiger partial charge in [-0.25, -0.2) is 0 Å². The Morgan fingerprint density at radius 3 is 2.38 bits per heavy atom. The largest absolute Gasteiger partial charge is 0.497 e. The van der Waals surface area contributed by atoms with Crippen molar-refractivity contribution in [3.63, 3.8) is 0 Å². The molecule has 3 rings (SSSR count). The summed E-state index contributed by atoms with van der Waals surface area (Å²) in [5, 5.41) is 0. The zero-order chi connectivity index (χ0) is 18.8. The van der Waals surface area contributed by atoms with E-state index < -0.39 is 0 Å². The van der Waals surface area contributed by atoms with Gasteiger partial charge in [-0.15, -0.1) is 0 Å². The van der Waals surface area contributed by atoms with Crippen LogP contribution in [0.3, 0.4) is 0 Å². The lowest BCUT2D eigenvalue weighted by Crippen LogP contribution is -2.45. The molecular weight excluding hydrogens is 332 g/mol. The highest BCUT2D eigenvalue weighted by molar-refractivity contribution is 6.01. The number of amides is 2. The number of likely N-dealkylation sites (tertiary alicyclic amines) is 1. The highest BCUT2D eigenvalue weighted by Crippen LogP contribution is 2.36. The number of carbonyl (C=O) groups is 2. The van der Waals surface area contributed by atoms with Crippen molar-refractivity contribution in [1.29, 1.82) is 0 Å². The normalized spacial score (nSPS) is 26.2. The summed E-state index contributed by atoms with van der Waals surface area (Å²) in [5.41, 5.74) is 0.689. The molecule has 2 heterocycles. The maximum Gasteiger partial charge on any atom is 0.228 e. The Morgan fingerprint density at radius 2 is 1.77 bits per heavy atom. The van der Waals surface area contributed by atoms with Crippen LogP contribution < -0.4 is 14.4 Å². The van der Waals surface area contributed by atoms with E-state index in [4.69, 9.17) is 9.47 Å². The van der Waals surface area contributed by atoms with Crippen molar-refractivity contribution < 1.29 is 19.1 Å². The number of ether oxygens (including phenoxy) is 2. The predicted molar refractivity (Wildman–Crippen MR) is 99.5 cm³/mol. The summed E-state index contributed by atoms with van der Waals surface area (Å²) in [6.07, 6.45) is 1.41. The van der Waals surface area contributed by atoms with E-state index in [1.165, 1.54) is 0 Å². The van der Waals surface area contributed by atoms with E-state index in [2.05, 4.69) is 13.8 Å². The zero-order valence-corrected chi connectivity index (χ0v) is 16.0. The maximum atomic E-state index is 13.0. The summed E-state index contributed by atoms with van der Waals surface area (Å²) >= 11 is 0. The van der Waals surface area contributed by atoms with E-state index in [1.54, 1.807) is 31.3 Å². The van der Waals surface area contributed by atoms with Gasteiger partial charge in [0.25, 0.3) is 0 Å². The highest BCUT2D eigenvalue weighted by Gasteiger charge is 2.39. The summed E-state index contributed by atoms with van der Waals surface area (Å²) in [7, 11) is 3.16. The van der Waals surface area contributed by atoms with Crippen LogP contribution in [0.15, 0.2) is 18.2 Å². The molecule has 0 bridgehead atoms. The zero-order valence-electron chi connectivity index (χ0n) is 16.0. The smallest absolute Gasteiger partial charge is 0.228 e. The first kappa shape index (κ1) is 18.5. The molecule has 1 aromatic rings. The SMILES string of the molecule is COc1ccc(N2C[C@H](C(=O)N3C[C@H](C)C[C@@H](C)C3)CC2=O)c(OC)c1. The van der Waals surface area contributed by atoms with Crippen LogP contribution in [0.4, 0.5) is 5.69 Å². The van der Waals surface area contributed by atoms with E-state index >= 15 is 0 Å². The third-order valence-electron chi connectivity index (χ3n) is 5.33.